The van der Waals surface area contributed by atoms with Crippen LogP contribution in [0.25, 0.3) is 0 Å². The Morgan fingerprint density at radius 3 is 2.75 bits per heavy atom. The number of hydrogen-bond donors (Lipinski definition) is 0. The smallest absolute Gasteiger partial charge is 0.380 e. The molecule has 2 saturated heterocycles. The Bertz CT molecular complexity index is 1040. The predicted molar refractivity (Wildman–Crippen MR) is 130 cm³/mol. The number of fused-ring (bicyclic) bond motifs is 1. The molecule has 0 amide bonds. The third-order valence-electron chi connectivity index (χ3n) is 8.07. The third kappa shape index (κ3) is 6.15. The summed E-state index contributed by atoms with van der Waals surface area (Å²) in [5.41, 5.74) is 2.24. The number of likely N-dealkylation sites (tertiary alicyclic amines) is 1. The summed E-state index contributed by atoms with van der Waals surface area (Å²) in [7, 11) is 0. The molecule has 4 heterocycles. The van der Waals surface area contributed by atoms with Crippen molar-refractivity contribution in [3.05, 3.63) is 65.0 Å². The van der Waals surface area contributed by atoms with Gasteiger partial charge in [-0.3, -0.25) is 19.6 Å². The summed E-state index contributed by atoms with van der Waals surface area (Å²) in [6.07, 6.45) is 3.55. The van der Waals surface area contributed by atoms with E-state index in [1.807, 2.05) is 17.2 Å². The van der Waals surface area contributed by atoms with E-state index >= 15 is 0 Å². The summed E-state index contributed by atoms with van der Waals surface area (Å²) in [5.74, 6) is 0.918. The number of ketones is 1. The number of Topliss-reactive ketones (excluding diaryl/α,β-unsaturated/α-hetero) is 1. The van der Waals surface area contributed by atoms with Crippen LogP contribution < -0.4 is 0 Å². The van der Waals surface area contributed by atoms with Gasteiger partial charge in [-0.05, 0) is 72.4 Å². The molecule has 8 heteroatoms. The number of aryl methyl sites for hydroxylation is 1. The van der Waals surface area contributed by atoms with E-state index < -0.39 is 11.7 Å². The molecule has 194 valence electrons. The average Bonchev–Trinajstić information content (AvgIpc) is 3.53. The zero-order valence-corrected chi connectivity index (χ0v) is 20.6. The predicted octanol–water partition coefficient (Wildman–Crippen LogP) is 4.39. The fourth-order valence-electron chi connectivity index (χ4n) is 6.07. The molecular formula is C28H34F3N3O2. The molecule has 1 aromatic carbocycles. The molecule has 2 unspecified atom stereocenters. The van der Waals surface area contributed by atoms with E-state index in [0.717, 1.165) is 57.2 Å². The van der Waals surface area contributed by atoms with Crippen LogP contribution in [0.15, 0.2) is 42.7 Å². The summed E-state index contributed by atoms with van der Waals surface area (Å²) < 4.78 is 45.1. The van der Waals surface area contributed by atoms with Crippen molar-refractivity contribution in [2.75, 3.05) is 39.4 Å². The maximum atomic E-state index is 13.2. The number of ether oxygens (including phenoxy) is 1. The zero-order valence-electron chi connectivity index (χ0n) is 20.6. The Kier molecular flexibility index (Phi) is 7.74. The summed E-state index contributed by atoms with van der Waals surface area (Å²) >= 11 is 0. The lowest BCUT2D eigenvalue weighted by Crippen LogP contribution is -2.36. The lowest BCUT2D eigenvalue weighted by atomic mass is 9.86. The highest BCUT2D eigenvalue weighted by atomic mass is 19.4. The number of hydrogen-bond acceptors (Lipinski definition) is 5. The molecule has 0 saturated carbocycles. The first-order valence-corrected chi connectivity index (χ1v) is 13.0. The Balaban J connectivity index is 1.20. The van der Waals surface area contributed by atoms with Crippen LogP contribution in [0.5, 0.6) is 0 Å². The van der Waals surface area contributed by atoms with Gasteiger partial charge in [0.05, 0.1) is 18.7 Å². The Hall–Kier alpha value is -2.29. The van der Waals surface area contributed by atoms with Gasteiger partial charge in [-0.2, -0.15) is 13.2 Å². The van der Waals surface area contributed by atoms with Gasteiger partial charge in [-0.15, -0.1) is 0 Å². The van der Waals surface area contributed by atoms with Gasteiger partial charge in [0.15, 0.2) is 0 Å². The van der Waals surface area contributed by atoms with Crippen LogP contribution in [-0.4, -0.2) is 66.0 Å². The second-order valence-electron chi connectivity index (χ2n) is 10.6. The van der Waals surface area contributed by atoms with Crippen molar-refractivity contribution in [2.45, 2.75) is 50.9 Å². The number of carbonyl (C=O) groups excluding carboxylic acids is 1. The molecule has 0 N–H and O–H groups in total. The molecule has 1 aromatic heterocycles. The van der Waals surface area contributed by atoms with Crippen molar-refractivity contribution in [3.8, 4) is 0 Å². The molecule has 0 aliphatic carbocycles. The second kappa shape index (κ2) is 11.0. The van der Waals surface area contributed by atoms with E-state index in [2.05, 4.69) is 16.0 Å². The maximum Gasteiger partial charge on any atom is 0.416 e. The van der Waals surface area contributed by atoms with Gasteiger partial charge in [-0.1, -0.05) is 12.1 Å². The van der Waals surface area contributed by atoms with Crippen LogP contribution in [0.1, 0.15) is 41.5 Å². The SMILES string of the molecule is O=C(CC1CN(C2CCOC2)C[C@@H]1CCc1cccnc1)CN1CCc2ccc(C(F)(F)F)cc2C1. The lowest BCUT2D eigenvalue weighted by molar-refractivity contribution is -0.137. The Morgan fingerprint density at radius 2 is 2.00 bits per heavy atom. The van der Waals surface area contributed by atoms with E-state index in [1.165, 1.54) is 11.6 Å². The average molecular weight is 502 g/mol. The highest BCUT2D eigenvalue weighted by Crippen LogP contribution is 2.34. The highest BCUT2D eigenvalue weighted by molar-refractivity contribution is 5.80. The van der Waals surface area contributed by atoms with Gasteiger partial charge < -0.3 is 4.74 Å². The molecule has 3 aliphatic heterocycles. The summed E-state index contributed by atoms with van der Waals surface area (Å²) in [6, 6.07) is 8.49. The quantitative estimate of drug-likeness (QED) is 0.537. The molecule has 0 spiro atoms. The van der Waals surface area contributed by atoms with Gasteiger partial charge in [0.25, 0.3) is 0 Å². The van der Waals surface area contributed by atoms with Gasteiger partial charge >= 0.3 is 6.18 Å². The molecule has 5 rings (SSSR count). The largest absolute Gasteiger partial charge is 0.416 e. The first-order chi connectivity index (χ1) is 17.3. The molecule has 0 radical (unpaired) electrons. The zero-order chi connectivity index (χ0) is 25.1. The number of benzene rings is 1. The van der Waals surface area contributed by atoms with Crippen molar-refractivity contribution < 1.29 is 22.7 Å². The first-order valence-electron chi connectivity index (χ1n) is 13.0. The summed E-state index contributed by atoms with van der Waals surface area (Å²) in [4.78, 5) is 21.9. The number of pyridine rings is 1. The van der Waals surface area contributed by atoms with Crippen molar-refractivity contribution >= 4 is 5.78 Å². The lowest BCUT2D eigenvalue weighted by Gasteiger charge is -2.29. The van der Waals surface area contributed by atoms with Crippen LogP contribution >= 0.6 is 0 Å². The van der Waals surface area contributed by atoms with E-state index in [9.17, 15) is 18.0 Å². The van der Waals surface area contributed by atoms with Crippen molar-refractivity contribution in [1.29, 1.82) is 0 Å². The number of carbonyl (C=O) groups is 1. The number of nitrogens with zero attached hydrogens (tertiary/aromatic N) is 3. The fraction of sp³-hybridized carbons (Fsp3) is 0.571. The number of rotatable bonds is 8. The Labute approximate surface area is 210 Å². The van der Waals surface area contributed by atoms with Gasteiger partial charge in [-0.25, -0.2) is 0 Å². The molecule has 0 bridgehead atoms. The molecule has 36 heavy (non-hydrogen) atoms. The number of alkyl halides is 3. The minimum atomic E-state index is -4.35. The van der Waals surface area contributed by atoms with E-state index in [0.29, 0.717) is 55.9 Å². The maximum absolute atomic E-state index is 13.2. The Morgan fingerprint density at radius 1 is 1.14 bits per heavy atom. The minimum Gasteiger partial charge on any atom is -0.380 e. The summed E-state index contributed by atoms with van der Waals surface area (Å²) in [6.45, 7) is 4.86. The molecule has 3 atom stereocenters. The highest BCUT2D eigenvalue weighted by Gasteiger charge is 2.38. The van der Waals surface area contributed by atoms with Crippen LogP contribution in [0, 0.1) is 11.8 Å². The van der Waals surface area contributed by atoms with Crippen LogP contribution in [0.4, 0.5) is 13.2 Å². The normalized spacial score (nSPS) is 25.2. The first kappa shape index (κ1) is 25.4. The molecule has 2 aromatic rings. The second-order valence-corrected chi connectivity index (χ2v) is 10.6. The van der Waals surface area contributed by atoms with E-state index in [-0.39, 0.29) is 5.78 Å². The monoisotopic (exact) mass is 501 g/mol. The minimum absolute atomic E-state index is 0.186. The van der Waals surface area contributed by atoms with Crippen LogP contribution in [-0.2, 0) is 35.1 Å². The van der Waals surface area contributed by atoms with Crippen LogP contribution in [0.3, 0.4) is 0 Å². The number of aromatic nitrogens is 1. The van der Waals surface area contributed by atoms with E-state index in [4.69, 9.17) is 4.74 Å². The van der Waals surface area contributed by atoms with E-state index in [1.54, 1.807) is 12.3 Å². The standard InChI is InChI=1S/C28H34F3N3O2/c29-28(30,31)25-6-5-21-7-10-33(15-23(21)12-25)18-27(35)13-24-17-34(26-8-11-36-19-26)16-22(24)4-3-20-2-1-9-32-14-20/h1-2,5-6,9,12,14,22,24,26H,3-4,7-8,10-11,13,15-19H2/t22-,24?,26?/m0/s1. The van der Waals surface area contributed by atoms with Crippen molar-refractivity contribution in [2.24, 2.45) is 11.8 Å². The molecule has 5 nitrogen and oxygen atoms in total. The fourth-order valence-corrected chi connectivity index (χ4v) is 6.07. The van der Waals surface area contributed by atoms with Gasteiger partial charge in [0.1, 0.15) is 5.78 Å². The third-order valence-corrected chi connectivity index (χ3v) is 8.07. The molecule has 2 fully saturated rings. The van der Waals surface area contributed by atoms with Gasteiger partial charge in [0.2, 0.25) is 0 Å². The molecular weight excluding hydrogens is 467 g/mol. The van der Waals surface area contributed by atoms with Crippen molar-refractivity contribution in [3.63, 3.8) is 0 Å². The van der Waals surface area contributed by atoms with Crippen LogP contribution in [0.2, 0.25) is 0 Å². The molecule has 3 aliphatic rings. The summed E-state index contributed by atoms with van der Waals surface area (Å²) in [5, 5.41) is 0. The van der Waals surface area contributed by atoms with Crippen molar-refractivity contribution in [1.82, 2.24) is 14.8 Å². The number of halogens is 3. The topological polar surface area (TPSA) is 45.7 Å². The van der Waals surface area contributed by atoms with Gasteiger partial charge in [0, 0.05) is 57.6 Å².